The minimum Gasteiger partial charge on any atom is -0.539 e. The minimum atomic E-state index is -1.86. The molecule has 1 heterocycles. The highest BCUT2D eigenvalue weighted by atomic mass is 28.4. The molecular formula is C18H22OSi. The molecule has 104 valence electrons. The van der Waals surface area contributed by atoms with Gasteiger partial charge in [0.15, 0.2) is 0 Å². The molecule has 0 unspecified atom stereocenters. The predicted molar refractivity (Wildman–Crippen MR) is 89.6 cm³/mol. The summed E-state index contributed by atoms with van der Waals surface area (Å²) in [5.41, 5.74) is 4.77. The molecule has 2 aromatic carbocycles. The highest BCUT2D eigenvalue weighted by molar-refractivity contribution is 6.82. The number of benzene rings is 2. The second kappa shape index (κ2) is 4.78. The number of rotatable bonds is 2. The summed E-state index contributed by atoms with van der Waals surface area (Å²) in [6.07, 6.45) is 2.29. The third-order valence-corrected chi connectivity index (χ3v) is 9.36. The van der Waals surface area contributed by atoms with Gasteiger partial charge in [0.1, 0.15) is 5.75 Å². The smallest absolute Gasteiger partial charge is 0.280 e. The van der Waals surface area contributed by atoms with Gasteiger partial charge in [-0.1, -0.05) is 63.7 Å². The zero-order valence-electron chi connectivity index (χ0n) is 12.7. The number of fused-ring (bicyclic) bond motifs is 2. The Labute approximate surface area is 122 Å². The molecule has 0 aromatic heterocycles. The fourth-order valence-electron chi connectivity index (χ4n) is 3.19. The molecule has 0 amide bonds. The minimum absolute atomic E-state index is 0.582. The molecule has 2 heteroatoms. The van der Waals surface area contributed by atoms with Gasteiger partial charge in [-0.05, 0) is 34.0 Å². The van der Waals surface area contributed by atoms with Gasteiger partial charge in [-0.2, -0.15) is 0 Å². The summed E-state index contributed by atoms with van der Waals surface area (Å²) >= 11 is 0. The van der Waals surface area contributed by atoms with E-state index < -0.39 is 8.32 Å². The van der Waals surface area contributed by atoms with Crippen molar-refractivity contribution in [2.75, 3.05) is 0 Å². The summed E-state index contributed by atoms with van der Waals surface area (Å²) in [5, 5.41) is 2.54. The Bertz CT molecular complexity index is 662. The van der Waals surface area contributed by atoms with Gasteiger partial charge in [-0.25, -0.2) is 0 Å². The van der Waals surface area contributed by atoms with Crippen LogP contribution in [0.3, 0.4) is 0 Å². The molecule has 20 heavy (non-hydrogen) atoms. The van der Waals surface area contributed by atoms with Crippen LogP contribution in [0.1, 0.15) is 33.3 Å². The third-order valence-electron chi connectivity index (χ3n) is 4.49. The predicted octanol–water partition coefficient (Wildman–Crippen LogP) is 5.55. The van der Waals surface area contributed by atoms with Gasteiger partial charge >= 0.3 is 0 Å². The molecule has 0 aliphatic carbocycles. The Hall–Kier alpha value is -1.54. The van der Waals surface area contributed by atoms with E-state index in [2.05, 4.69) is 75.9 Å². The molecule has 1 aliphatic heterocycles. The average Bonchev–Trinajstić information content (AvgIpc) is 2.43. The van der Waals surface area contributed by atoms with E-state index in [0.717, 1.165) is 5.75 Å². The monoisotopic (exact) mass is 282 g/mol. The zero-order valence-corrected chi connectivity index (χ0v) is 13.7. The van der Waals surface area contributed by atoms with Gasteiger partial charge in [0.2, 0.25) is 0 Å². The van der Waals surface area contributed by atoms with Crippen LogP contribution in [-0.2, 0) is 0 Å². The van der Waals surface area contributed by atoms with Gasteiger partial charge in [-0.3, -0.25) is 0 Å². The van der Waals surface area contributed by atoms with Gasteiger partial charge in [0.25, 0.3) is 8.32 Å². The Morgan fingerprint density at radius 1 is 0.900 bits per heavy atom. The SMILES string of the molecule is CC(C)[Si]1(C(C)C)C=Cc2cc3ccccc3cc2O1. The maximum absolute atomic E-state index is 6.60. The molecule has 1 nitrogen and oxygen atoms in total. The molecule has 0 radical (unpaired) electrons. The van der Waals surface area contributed by atoms with Crippen LogP contribution in [0.2, 0.25) is 11.1 Å². The molecule has 0 bridgehead atoms. The van der Waals surface area contributed by atoms with E-state index in [9.17, 15) is 0 Å². The van der Waals surface area contributed by atoms with E-state index in [1.54, 1.807) is 0 Å². The van der Waals surface area contributed by atoms with E-state index in [0.29, 0.717) is 11.1 Å². The first-order valence-electron chi connectivity index (χ1n) is 7.44. The first kappa shape index (κ1) is 13.4. The van der Waals surface area contributed by atoms with Crippen LogP contribution in [0.5, 0.6) is 5.75 Å². The maximum Gasteiger partial charge on any atom is 0.280 e. The van der Waals surface area contributed by atoms with Crippen molar-refractivity contribution < 1.29 is 4.43 Å². The fraction of sp³-hybridized carbons (Fsp3) is 0.333. The quantitative estimate of drug-likeness (QED) is 0.656. The second-order valence-corrected chi connectivity index (χ2v) is 10.9. The Kier molecular flexibility index (Phi) is 3.21. The molecule has 1 aliphatic rings. The maximum atomic E-state index is 6.60. The van der Waals surface area contributed by atoms with Crippen molar-refractivity contribution in [2.45, 2.75) is 38.8 Å². The largest absolute Gasteiger partial charge is 0.539 e. The van der Waals surface area contributed by atoms with E-state index in [1.807, 2.05) is 0 Å². The first-order chi connectivity index (χ1) is 9.53. The van der Waals surface area contributed by atoms with E-state index in [1.165, 1.54) is 16.3 Å². The van der Waals surface area contributed by atoms with Gasteiger partial charge in [0.05, 0.1) is 0 Å². The average molecular weight is 282 g/mol. The molecule has 0 fully saturated rings. The normalized spacial score (nSPS) is 16.5. The van der Waals surface area contributed by atoms with Crippen LogP contribution in [0.4, 0.5) is 0 Å². The van der Waals surface area contributed by atoms with Crippen LogP contribution in [0.25, 0.3) is 16.8 Å². The first-order valence-corrected chi connectivity index (χ1v) is 9.58. The molecule has 0 atom stereocenters. The Morgan fingerprint density at radius 2 is 1.50 bits per heavy atom. The number of hydrogen-bond acceptors (Lipinski definition) is 1. The molecule has 0 N–H and O–H groups in total. The highest BCUT2D eigenvalue weighted by Gasteiger charge is 2.43. The summed E-state index contributed by atoms with van der Waals surface area (Å²) in [6.45, 7) is 9.18. The van der Waals surface area contributed by atoms with Crippen LogP contribution in [0, 0.1) is 0 Å². The Morgan fingerprint density at radius 3 is 2.10 bits per heavy atom. The van der Waals surface area contributed by atoms with Crippen LogP contribution >= 0.6 is 0 Å². The third kappa shape index (κ3) is 1.99. The highest BCUT2D eigenvalue weighted by Crippen LogP contribution is 2.41. The topological polar surface area (TPSA) is 9.23 Å². The fourth-order valence-corrected chi connectivity index (χ4v) is 6.83. The van der Waals surface area contributed by atoms with Crippen LogP contribution < -0.4 is 4.43 Å². The van der Waals surface area contributed by atoms with Crippen molar-refractivity contribution in [3.63, 3.8) is 0 Å². The lowest BCUT2D eigenvalue weighted by Crippen LogP contribution is -2.47. The lowest BCUT2D eigenvalue weighted by atomic mass is 10.1. The zero-order chi connectivity index (χ0) is 14.3. The van der Waals surface area contributed by atoms with Crippen molar-refractivity contribution in [3.8, 4) is 5.75 Å². The van der Waals surface area contributed by atoms with Gasteiger partial charge < -0.3 is 4.43 Å². The van der Waals surface area contributed by atoms with E-state index in [4.69, 9.17) is 4.43 Å². The molecule has 0 saturated carbocycles. The molecule has 0 saturated heterocycles. The molecule has 0 spiro atoms. The van der Waals surface area contributed by atoms with Crippen molar-refractivity contribution >= 4 is 25.2 Å². The molecule has 2 aromatic rings. The number of hydrogen-bond donors (Lipinski definition) is 0. The molecular weight excluding hydrogens is 260 g/mol. The summed E-state index contributed by atoms with van der Waals surface area (Å²) in [7, 11) is -1.86. The second-order valence-electron chi connectivity index (χ2n) is 6.34. The van der Waals surface area contributed by atoms with Crippen molar-refractivity contribution in [2.24, 2.45) is 0 Å². The van der Waals surface area contributed by atoms with Crippen LogP contribution in [-0.4, -0.2) is 8.32 Å². The van der Waals surface area contributed by atoms with E-state index in [-0.39, 0.29) is 0 Å². The summed E-state index contributed by atoms with van der Waals surface area (Å²) in [6, 6.07) is 12.9. The lowest BCUT2D eigenvalue weighted by Gasteiger charge is -2.39. The van der Waals surface area contributed by atoms with Crippen molar-refractivity contribution in [1.82, 2.24) is 0 Å². The van der Waals surface area contributed by atoms with Crippen molar-refractivity contribution in [1.29, 1.82) is 0 Å². The summed E-state index contributed by atoms with van der Waals surface area (Å²) in [5.74, 6) is 1.07. The lowest BCUT2D eigenvalue weighted by molar-refractivity contribution is 0.511. The summed E-state index contributed by atoms with van der Waals surface area (Å²) in [4.78, 5) is 0. The molecule has 3 rings (SSSR count). The van der Waals surface area contributed by atoms with Gasteiger partial charge in [-0.15, -0.1) is 0 Å². The van der Waals surface area contributed by atoms with E-state index >= 15 is 0 Å². The Balaban J connectivity index is 2.13. The standard InChI is InChI=1S/C18H22OSi/c1-13(2)20(14(3)4)10-9-17-11-15-7-5-6-8-16(15)12-18(17)19-20/h5-14H,1-4H3. The summed E-state index contributed by atoms with van der Waals surface area (Å²) < 4.78 is 6.60. The van der Waals surface area contributed by atoms with Crippen LogP contribution in [0.15, 0.2) is 42.1 Å². The van der Waals surface area contributed by atoms with Gasteiger partial charge in [0, 0.05) is 5.56 Å². The van der Waals surface area contributed by atoms with Crippen molar-refractivity contribution in [3.05, 3.63) is 47.7 Å².